The predicted octanol–water partition coefficient (Wildman–Crippen LogP) is 2.62. The zero-order chi connectivity index (χ0) is 17.8. The summed E-state index contributed by atoms with van der Waals surface area (Å²) >= 11 is 0. The molecule has 3 rings (SSSR count). The van der Waals surface area contributed by atoms with E-state index in [1.807, 2.05) is 37.3 Å². The summed E-state index contributed by atoms with van der Waals surface area (Å²) < 4.78 is 7.22. The van der Waals surface area contributed by atoms with Crippen molar-refractivity contribution in [2.45, 2.75) is 39.2 Å². The molecule has 2 heterocycles. The average Bonchev–Trinajstić information content (AvgIpc) is 3.00. The van der Waals surface area contributed by atoms with Gasteiger partial charge in [-0.25, -0.2) is 4.68 Å². The van der Waals surface area contributed by atoms with Gasteiger partial charge in [-0.05, 0) is 25.0 Å². The van der Waals surface area contributed by atoms with E-state index in [9.17, 15) is 4.79 Å². The number of rotatable bonds is 5. The van der Waals surface area contributed by atoms with E-state index < -0.39 is 0 Å². The number of anilines is 1. The first-order valence-corrected chi connectivity index (χ1v) is 8.81. The number of aromatic nitrogens is 2. The monoisotopic (exact) mass is 342 g/mol. The van der Waals surface area contributed by atoms with Gasteiger partial charge in [-0.3, -0.25) is 4.79 Å². The van der Waals surface area contributed by atoms with Crippen LogP contribution in [0.15, 0.2) is 30.3 Å². The minimum absolute atomic E-state index is 0.0356. The zero-order valence-corrected chi connectivity index (χ0v) is 15.1. The normalized spacial score (nSPS) is 17.7. The Labute approximate surface area is 148 Å². The zero-order valence-electron chi connectivity index (χ0n) is 15.1. The molecule has 2 N–H and O–H groups in total. The molecule has 0 aliphatic carbocycles. The Morgan fingerprint density at radius 2 is 2.16 bits per heavy atom. The van der Waals surface area contributed by atoms with Crippen LogP contribution in [0, 0.1) is 6.92 Å². The van der Waals surface area contributed by atoms with Crippen molar-refractivity contribution in [1.29, 1.82) is 0 Å². The van der Waals surface area contributed by atoms with Crippen molar-refractivity contribution in [2.24, 2.45) is 0 Å². The van der Waals surface area contributed by atoms with E-state index >= 15 is 0 Å². The lowest BCUT2D eigenvalue weighted by atomic mass is 10.1. The van der Waals surface area contributed by atoms with Gasteiger partial charge in [0, 0.05) is 25.1 Å². The number of amides is 1. The first kappa shape index (κ1) is 17.6. The molecule has 0 radical (unpaired) electrons. The fourth-order valence-electron chi connectivity index (χ4n) is 2.82. The van der Waals surface area contributed by atoms with Gasteiger partial charge in [-0.2, -0.15) is 5.10 Å². The Morgan fingerprint density at radius 3 is 2.80 bits per heavy atom. The third-order valence-corrected chi connectivity index (χ3v) is 4.30. The van der Waals surface area contributed by atoms with Crippen LogP contribution in [0.3, 0.4) is 0 Å². The van der Waals surface area contributed by atoms with Crippen molar-refractivity contribution in [3.63, 3.8) is 0 Å². The summed E-state index contributed by atoms with van der Waals surface area (Å²) in [5, 5.41) is 11.0. The number of aryl methyl sites for hydroxylation is 1. The predicted molar refractivity (Wildman–Crippen MR) is 98.2 cm³/mol. The van der Waals surface area contributed by atoms with Crippen molar-refractivity contribution in [3.8, 4) is 5.69 Å². The molecule has 6 nitrogen and oxygen atoms in total. The lowest BCUT2D eigenvalue weighted by molar-refractivity contribution is -0.117. The second-order valence-electron chi connectivity index (χ2n) is 6.83. The van der Waals surface area contributed by atoms with Crippen LogP contribution < -0.4 is 10.6 Å². The molecule has 0 spiro atoms. The summed E-state index contributed by atoms with van der Waals surface area (Å²) in [6.07, 6.45) is 0.385. The SMILES string of the molecule is Cc1ccc(-n2nc(C(C)C)cc2NC(=O)CC2COCCN2)cc1. The molecule has 1 aliphatic heterocycles. The van der Waals surface area contributed by atoms with Crippen molar-refractivity contribution in [1.82, 2.24) is 15.1 Å². The Bertz CT molecular complexity index is 716. The Hall–Kier alpha value is -2.18. The van der Waals surface area contributed by atoms with E-state index in [-0.39, 0.29) is 17.9 Å². The second kappa shape index (κ2) is 7.80. The third-order valence-electron chi connectivity index (χ3n) is 4.30. The molecule has 1 aromatic heterocycles. The second-order valence-corrected chi connectivity index (χ2v) is 6.83. The summed E-state index contributed by atoms with van der Waals surface area (Å²) in [4.78, 5) is 12.4. The maximum Gasteiger partial charge on any atom is 0.227 e. The van der Waals surface area contributed by atoms with Gasteiger partial charge in [0.15, 0.2) is 0 Å². The lowest BCUT2D eigenvalue weighted by Crippen LogP contribution is -2.43. The fourth-order valence-corrected chi connectivity index (χ4v) is 2.82. The van der Waals surface area contributed by atoms with Crippen LogP contribution >= 0.6 is 0 Å². The lowest BCUT2D eigenvalue weighted by Gasteiger charge is -2.23. The van der Waals surface area contributed by atoms with Crippen LogP contribution in [0.2, 0.25) is 0 Å². The van der Waals surface area contributed by atoms with E-state index in [4.69, 9.17) is 4.74 Å². The van der Waals surface area contributed by atoms with E-state index in [1.165, 1.54) is 5.56 Å². The molecular weight excluding hydrogens is 316 g/mol. The molecule has 25 heavy (non-hydrogen) atoms. The van der Waals surface area contributed by atoms with Crippen LogP contribution in [-0.4, -0.2) is 41.5 Å². The maximum absolute atomic E-state index is 12.4. The highest BCUT2D eigenvalue weighted by Gasteiger charge is 2.19. The van der Waals surface area contributed by atoms with Gasteiger partial charge in [-0.15, -0.1) is 0 Å². The largest absolute Gasteiger partial charge is 0.378 e. The van der Waals surface area contributed by atoms with Crippen molar-refractivity contribution >= 4 is 11.7 Å². The van der Waals surface area contributed by atoms with Gasteiger partial charge in [0.05, 0.1) is 24.6 Å². The summed E-state index contributed by atoms with van der Waals surface area (Å²) in [5.41, 5.74) is 3.08. The van der Waals surface area contributed by atoms with Gasteiger partial charge >= 0.3 is 0 Å². The topological polar surface area (TPSA) is 68.2 Å². The number of hydrogen-bond donors (Lipinski definition) is 2. The summed E-state index contributed by atoms with van der Waals surface area (Å²) in [6.45, 7) is 8.30. The quantitative estimate of drug-likeness (QED) is 0.876. The number of morpholine rings is 1. The molecule has 1 aliphatic rings. The number of ether oxygens (including phenoxy) is 1. The number of benzene rings is 1. The highest BCUT2D eigenvalue weighted by atomic mass is 16.5. The Morgan fingerprint density at radius 1 is 1.40 bits per heavy atom. The fraction of sp³-hybridized carbons (Fsp3) is 0.474. The number of carbonyl (C=O) groups is 1. The van der Waals surface area contributed by atoms with Gasteiger partial charge in [0.2, 0.25) is 5.91 Å². The molecule has 1 aromatic carbocycles. The number of hydrogen-bond acceptors (Lipinski definition) is 4. The third kappa shape index (κ3) is 4.46. The maximum atomic E-state index is 12.4. The molecule has 1 amide bonds. The van der Waals surface area contributed by atoms with Crippen LogP contribution in [0.1, 0.15) is 37.4 Å². The van der Waals surface area contributed by atoms with Crippen LogP contribution in [0.25, 0.3) is 5.69 Å². The molecule has 134 valence electrons. The minimum atomic E-state index is -0.0356. The summed E-state index contributed by atoms with van der Waals surface area (Å²) in [7, 11) is 0. The molecule has 0 bridgehead atoms. The summed E-state index contributed by atoms with van der Waals surface area (Å²) in [5.74, 6) is 0.955. The van der Waals surface area contributed by atoms with E-state index in [0.29, 0.717) is 25.5 Å². The first-order valence-electron chi connectivity index (χ1n) is 8.81. The van der Waals surface area contributed by atoms with Crippen molar-refractivity contribution < 1.29 is 9.53 Å². The number of nitrogens with one attached hydrogen (secondary N) is 2. The molecule has 1 fully saturated rings. The van der Waals surface area contributed by atoms with E-state index in [2.05, 4.69) is 29.6 Å². The Balaban J connectivity index is 1.79. The molecule has 1 saturated heterocycles. The first-order chi connectivity index (χ1) is 12.0. The standard InChI is InChI=1S/C19H26N4O2/c1-13(2)17-11-18(21-19(24)10-15-12-25-9-8-20-15)23(22-17)16-6-4-14(3)5-7-16/h4-7,11,13,15,20H,8-10,12H2,1-3H3,(H,21,24). The highest BCUT2D eigenvalue weighted by molar-refractivity contribution is 5.90. The smallest absolute Gasteiger partial charge is 0.227 e. The van der Waals surface area contributed by atoms with Gasteiger partial charge in [0.1, 0.15) is 5.82 Å². The van der Waals surface area contributed by atoms with Gasteiger partial charge in [0.25, 0.3) is 0 Å². The van der Waals surface area contributed by atoms with E-state index in [1.54, 1.807) is 4.68 Å². The van der Waals surface area contributed by atoms with Gasteiger partial charge < -0.3 is 15.4 Å². The highest BCUT2D eigenvalue weighted by Crippen LogP contribution is 2.22. The molecule has 1 atom stereocenters. The molecule has 0 saturated carbocycles. The van der Waals surface area contributed by atoms with Crippen LogP contribution in [0.4, 0.5) is 5.82 Å². The molecular formula is C19H26N4O2. The molecule has 6 heteroatoms. The van der Waals surface area contributed by atoms with Crippen LogP contribution in [0.5, 0.6) is 0 Å². The van der Waals surface area contributed by atoms with Crippen molar-refractivity contribution in [3.05, 3.63) is 41.6 Å². The minimum Gasteiger partial charge on any atom is -0.378 e. The Kier molecular flexibility index (Phi) is 5.50. The average molecular weight is 342 g/mol. The van der Waals surface area contributed by atoms with E-state index in [0.717, 1.165) is 17.9 Å². The number of nitrogens with zero attached hydrogens (tertiary/aromatic N) is 2. The molecule has 1 unspecified atom stereocenters. The van der Waals surface area contributed by atoms with Crippen LogP contribution in [-0.2, 0) is 9.53 Å². The molecule has 2 aromatic rings. The van der Waals surface area contributed by atoms with Gasteiger partial charge in [-0.1, -0.05) is 31.5 Å². The van der Waals surface area contributed by atoms with Crippen molar-refractivity contribution in [2.75, 3.05) is 25.1 Å². The number of carbonyl (C=O) groups excluding carboxylic acids is 1. The summed E-state index contributed by atoms with van der Waals surface area (Å²) in [6, 6.07) is 10.1.